The van der Waals surface area contributed by atoms with Crippen molar-refractivity contribution < 1.29 is 19.5 Å². The van der Waals surface area contributed by atoms with Crippen molar-refractivity contribution in [3.8, 4) is 0 Å². The quantitative estimate of drug-likeness (QED) is 0.355. The molecule has 0 aliphatic carbocycles. The molecular formula is C29H21ClN2O4. The summed E-state index contributed by atoms with van der Waals surface area (Å²) >= 11 is 5.98. The van der Waals surface area contributed by atoms with Gasteiger partial charge >= 0.3 is 5.97 Å². The van der Waals surface area contributed by atoms with E-state index in [4.69, 9.17) is 11.6 Å². The number of nitrogens with zero attached hydrogens (tertiary/aromatic N) is 2. The zero-order valence-electron chi connectivity index (χ0n) is 19.1. The molecule has 1 aliphatic heterocycles. The van der Waals surface area contributed by atoms with Crippen LogP contribution in [-0.2, 0) is 16.1 Å². The van der Waals surface area contributed by atoms with Crippen LogP contribution in [-0.4, -0.2) is 29.4 Å². The number of anilines is 2. The zero-order chi connectivity index (χ0) is 25.2. The molecule has 0 saturated heterocycles. The van der Waals surface area contributed by atoms with Gasteiger partial charge in [0.15, 0.2) is 0 Å². The molecule has 178 valence electrons. The van der Waals surface area contributed by atoms with Gasteiger partial charge in [-0.15, -0.1) is 0 Å². The maximum atomic E-state index is 13.2. The highest BCUT2D eigenvalue weighted by molar-refractivity contribution is 6.30. The molecule has 0 radical (unpaired) electrons. The summed E-state index contributed by atoms with van der Waals surface area (Å²) in [6.45, 7) is 0.0644. The Morgan fingerprint density at radius 3 is 2.39 bits per heavy atom. The maximum Gasteiger partial charge on any atom is 0.335 e. The lowest BCUT2D eigenvalue weighted by Gasteiger charge is -2.36. The Balaban J connectivity index is 1.47. The lowest BCUT2D eigenvalue weighted by Crippen LogP contribution is -2.47. The van der Waals surface area contributed by atoms with Gasteiger partial charge in [-0.2, -0.15) is 0 Å². The number of rotatable bonds is 5. The molecule has 0 bridgehead atoms. The van der Waals surface area contributed by atoms with Gasteiger partial charge in [0.1, 0.15) is 6.54 Å². The molecule has 1 aliphatic rings. The fourth-order valence-corrected chi connectivity index (χ4v) is 4.38. The van der Waals surface area contributed by atoms with Crippen LogP contribution in [0.25, 0.3) is 16.8 Å². The Hall–Kier alpha value is -4.42. The van der Waals surface area contributed by atoms with Gasteiger partial charge in [-0.25, -0.2) is 4.79 Å². The standard InChI is InChI=1S/C29H21ClN2O4/c30-24-11-6-20(7-12-24)17-31-25-13-10-23(29(35)36)16-26(25)32(18-28(31)34)27(33)14-8-19-5-9-21-3-1-2-4-22(21)15-19/h1-16H,17-18H2,(H,35,36)/b14-8+. The second-order valence-corrected chi connectivity index (χ2v) is 8.92. The summed E-state index contributed by atoms with van der Waals surface area (Å²) in [5.41, 5.74) is 2.58. The van der Waals surface area contributed by atoms with Crippen LogP contribution in [0.3, 0.4) is 0 Å². The van der Waals surface area contributed by atoms with Crippen molar-refractivity contribution in [1.82, 2.24) is 0 Å². The second-order valence-electron chi connectivity index (χ2n) is 8.48. The number of hydrogen-bond acceptors (Lipinski definition) is 3. The molecule has 6 nitrogen and oxygen atoms in total. The predicted octanol–water partition coefficient (Wildman–Crippen LogP) is 5.78. The Bertz CT molecular complexity index is 1530. The minimum atomic E-state index is -1.11. The number of carbonyl (C=O) groups is 3. The number of fused-ring (bicyclic) bond motifs is 2. The highest BCUT2D eigenvalue weighted by Crippen LogP contribution is 2.36. The summed E-state index contributed by atoms with van der Waals surface area (Å²) < 4.78 is 0. The number of benzene rings is 4. The summed E-state index contributed by atoms with van der Waals surface area (Å²) in [6.07, 6.45) is 3.10. The molecule has 2 amide bonds. The number of aromatic carboxylic acids is 1. The van der Waals surface area contributed by atoms with Crippen molar-refractivity contribution >= 4 is 57.6 Å². The molecule has 36 heavy (non-hydrogen) atoms. The summed E-state index contributed by atoms with van der Waals surface area (Å²) in [7, 11) is 0. The zero-order valence-corrected chi connectivity index (χ0v) is 19.9. The molecule has 0 unspecified atom stereocenters. The van der Waals surface area contributed by atoms with E-state index in [-0.39, 0.29) is 24.6 Å². The molecule has 1 N–H and O–H groups in total. The van der Waals surface area contributed by atoms with E-state index in [1.165, 1.54) is 23.1 Å². The van der Waals surface area contributed by atoms with Crippen LogP contribution in [0.5, 0.6) is 0 Å². The first-order chi connectivity index (χ1) is 17.4. The summed E-state index contributed by atoms with van der Waals surface area (Å²) in [6, 6.07) is 25.4. The average molecular weight is 497 g/mol. The van der Waals surface area contributed by atoms with Crippen LogP contribution in [0.1, 0.15) is 21.5 Å². The summed E-state index contributed by atoms with van der Waals surface area (Å²) in [5, 5.41) is 12.3. The highest BCUT2D eigenvalue weighted by atomic mass is 35.5. The van der Waals surface area contributed by atoms with Gasteiger partial charge in [0, 0.05) is 11.1 Å². The minimum Gasteiger partial charge on any atom is -0.478 e. The van der Waals surface area contributed by atoms with E-state index >= 15 is 0 Å². The van der Waals surface area contributed by atoms with Crippen molar-refractivity contribution in [2.24, 2.45) is 0 Å². The molecule has 4 aromatic rings. The minimum absolute atomic E-state index is 0.0332. The lowest BCUT2D eigenvalue weighted by molar-refractivity contribution is -0.120. The van der Waals surface area contributed by atoms with Gasteiger partial charge in [-0.3, -0.25) is 14.5 Å². The normalized spacial score (nSPS) is 13.3. The van der Waals surface area contributed by atoms with Crippen molar-refractivity contribution in [3.63, 3.8) is 0 Å². The first-order valence-electron chi connectivity index (χ1n) is 11.3. The van der Waals surface area contributed by atoms with E-state index in [1.807, 2.05) is 54.6 Å². The SMILES string of the molecule is O=C(O)c1ccc2c(c1)N(C(=O)/C=C/c1ccc3ccccc3c1)CC(=O)N2Cc1ccc(Cl)cc1. The van der Waals surface area contributed by atoms with Gasteiger partial charge in [0.05, 0.1) is 23.5 Å². The van der Waals surface area contributed by atoms with E-state index in [2.05, 4.69) is 0 Å². The largest absolute Gasteiger partial charge is 0.478 e. The van der Waals surface area contributed by atoms with Crippen LogP contribution >= 0.6 is 11.6 Å². The highest BCUT2D eigenvalue weighted by Gasteiger charge is 2.32. The second kappa shape index (κ2) is 9.68. The molecule has 1 heterocycles. The third-order valence-electron chi connectivity index (χ3n) is 6.11. The van der Waals surface area contributed by atoms with E-state index in [9.17, 15) is 19.5 Å². The molecule has 0 aromatic heterocycles. The van der Waals surface area contributed by atoms with E-state index in [0.29, 0.717) is 16.4 Å². The molecule has 7 heteroatoms. The van der Waals surface area contributed by atoms with Gasteiger partial charge in [0.25, 0.3) is 5.91 Å². The van der Waals surface area contributed by atoms with Crippen molar-refractivity contribution in [1.29, 1.82) is 0 Å². The van der Waals surface area contributed by atoms with E-state index < -0.39 is 11.9 Å². The van der Waals surface area contributed by atoms with Crippen molar-refractivity contribution in [2.75, 3.05) is 16.3 Å². The van der Waals surface area contributed by atoms with E-state index in [1.54, 1.807) is 29.2 Å². The monoisotopic (exact) mass is 496 g/mol. The van der Waals surface area contributed by atoms with Crippen LogP contribution in [0.15, 0.2) is 91.0 Å². The predicted molar refractivity (Wildman–Crippen MR) is 141 cm³/mol. The molecule has 4 aromatic carbocycles. The van der Waals surface area contributed by atoms with Gasteiger partial charge in [0.2, 0.25) is 5.91 Å². The number of carboxylic acid groups (broad SMARTS) is 1. The Morgan fingerprint density at radius 2 is 1.64 bits per heavy atom. The van der Waals surface area contributed by atoms with Crippen LogP contribution in [0, 0.1) is 0 Å². The Morgan fingerprint density at radius 1 is 0.889 bits per heavy atom. The number of hydrogen-bond donors (Lipinski definition) is 1. The Labute approximate surface area is 212 Å². The number of carbonyl (C=O) groups excluding carboxylic acids is 2. The third-order valence-corrected chi connectivity index (χ3v) is 6.36. The van der Waals surface area contributed by atoms with Crippen molar-refractivity contribution in [2.45, 2.75) is 6.54 Å². The number of amides is 2. The van der Waals surface area contributed by atoms with Crippen LogP contribution in [0.2, 0.25) is 5.02 Å². The molecule has 0 saturated carbocycles. The topological polar surface area (TPSA) is 77.9 Å². The summed E-state index contributed by atoms with van der Waals surface area (Å²) in [4.78, 5) is 40.9. The number of halogens is 1. The molecule has 0 atom stereocenters. The third kappa shape index (κ3) is 4.72. The van der Waals surface area contributed by atoms with Crippen molar-refractivity contribution in [3.05, 3.63) is 113 Å². The fourth-order valence-electron chi connectivity index (χ4n) is 4.25. The first kappa shape index (κ1) is 23.3. The summed E-state index contributed by atoms with van der Waals surface area (Å²) in [5.74, 6) is -1.79. The smallest absolute Gasteiger partial charge is 0.335 e. The maximum absolute atomic E-state index is 13.2. The molecule has 5 rings (SSSR count). The van der Waals surface area contributed by atoms with Crippen LogP contribution in [0.4, 0.5) is 11.4 Å². The first-order valence-corrected chi connectivity index (χ1v) is 11.7. The van der Waals surface area contributed by atoms with Gasteiger partial charge in [-0.05, 0) is 64.4 Å². The molecular weight excluding hydrogens is 476 g/mol. The van der Waals surface area contributed by atoms with Gasteiger partial charge < -0.3 is 10.0 Å². The molecule has 0 spiro atoms. The van der Waals surface area contributed by atoms with E-state index in [0.717, 1.165) is 21.9 Å². The molecule has 0 fully saturated rings. The Kier molecular flexibility index (Phi) is 6.27. The van der Waals surface area contributed by atoms with Crippen LogP contribution < -0.4 is 9.80 Å². The lowest BCUT2D eigenvalue weighted by atomic mass is 10.1. The average Bonchev–Trinajstić information content (AvgIpc) is 2.89. The van der Waals surface area contributed by atoms with Gasteiger partial charge in [-0.1, -0.05) is 60.1 Å². The number of carboxylic acids is 1. The fraction of sp³-hybridized carbons (Fsp3) is 0.0690.